The van der Waals surface area contributed by atoms with E-state index in [1.54, 1.807) is 0 Å². The van der Waals surface area contributed by atoms with Crippen LogP contribution in [0.2, 0.25) is 0 Å². The fourth-order valence-corrected chi connectivity index (χ4v) is 2.74. The van der Waals surface area contributed by atoms with Crippen LogP contribution >= 0.6 is 0 Å². The topological polar surface area (TPSA) is 24.1 Å². The average molecular weight is 172 g/mol. The van der Waals surface area contributed by atoms with E-state index in [1.807, 2.05) is 0 Å². The highest BCUT2D eigenvalue weighted by Gasteiger charge is 2.11. The Hall–Kier alpha value is 0.137. The molecule has 0 saturated heterocycles. The maximum Gasteiger partial charge on any atom is 0.167 e. The molecule has 1 aliphatic carbocycles. The van der Waals surface area contributed by atoms with E-state index >= 15 is 0 Å². The van der Waals surface area contributed by atoms with Gasteiger partial charge in [0, 0.05) is 6.04 Å². The van der Waals surface area contributed by atoms with Gasteiger partial charge < -0.3 is 9.96 Å². The summed E-state index contributed by atoms with van der Waals surface area (Å²) in [6.45, 7) is 3.31. The molecule has 3 heteroatoms. The highest BCUT2D eigenvalue weighted by atomic mass is 28.2. The number of rotatable bonds is 4. The summed E-state index contributed by atoms with van der Waals surface area (Å²) in [6.07, 6.45) is 7.17. The number of nitrogens with one attached hydrogen (secondary N) is 2. The van der Waals surface area contributed by atoms with E-state index in [4.69, 9.17) is 0 Å². The summed E-state index contributed by atoms with van der Waals surface area (Å²) in [5.41, 5.74) is 0. The van der Waals surface area contributed by atoms with Crippen LogP contribution < -0.4 is 9.96 Å². The zero-order chi connectivity index (χ0) is 7.94. The predicted molar refractivity (Wildman–Crippen MR) is 52.2 cm³/mol. The molecule has 0 amide bonds. The van der Waals surface area contributed by atoms with E-state index in [2.05, 4.69) is 16.9 Å². The summed E-state index contributed by atoms with van der Waals surface area (Å²) in [6, 6.07) is 0.856. The normalized spacial score (nSPS) is 21.5. The highest BCUT2D eigenvalue weighted by Crippen LogP contribution is 2.16. The van der Waals surface area contributed by atoms with Gasteiger partial charge in [-0.25, -0.2) is 0 Å². The fourth-order valence-electron chi connectivity index (χ4n) is 1.65. The minimum absolute atomic E-state index is 0.134. The van der Waals surface area contributed by atoms with E-state index in [0.717, 1.165) is 12.6 Å². The van der Waals surface area contributed by atoms with Crippen LogP contribution in [0.4, 0.5) is 0 Å². The summed E-state index contributed by atoms with van der Waals surface area (Å²) in [7, 11) is -0.134. The smallest absolute Gasteiger partial charge is 0.167 e. The Balaban J connectivity index is 1.96. The van der Waals surface area contributed by atoms with Crippen LogP contribution in [0, 0.1) is 0 Å². The third-order valence-electron chi connectivity index (χ3n) is 2.37. The van der Waals surface area contributed by atoms with Crippen LogP contribution in [-0.4, -0.2) is 22.4 Å². The molecule has 2 nitrogen and oxygen atoms in total. The van der Waals surface area contributed by atoms with Crippen LogP contribution in [-0.2, 0) is 0 Å². The van der Waals surface area contributed by atoms with Gasteiger partial charge in [0.15, 0.2) is 9.84 Å². The van der Waals surface area contributed by atoms with Crippen LogP contribution in [0.1, 0.15) is 39.0 Å². The van der Waals surface area contributed by atoms with Crippen molar-refractivity contribution in [3.05, 3.63) is 0 Å². The maximum atomic E-state index is 3.65. The minimum atomic E-state index is -0.134. The molecular weight excluding hydrogens is 152 g/mol. The molecule has 0 aromatic rings. The van der Waals surface area contributed by atoms with Gasteiger partial charge in [0.25, 0.3) is 0 Å². The summed E-state index contributed by atoms with van der Waals surface area (Å²) >= 11 is 0. The number of hydrogen-bond acceptors (Lipinski definition) is 2. The van der Waals surface area contributed by atoms with Crippen molar-refractivity contribution in [1.82, 2.24) is 9.96 Å². The molecule has 11 heavy (non-hydrogen) atoms. The SMILES string of the molecule is CCN[SiH2]NC1CCCCC1. The summed E-state index contributed by atoms with van der Waals surface area (Å²) in [5, 5.41) is 0. The Bertz CT molecular complexity index is 92.1. The first-order valence-corrected chi connectivity index (χ1v) is 6.29. The second-order valence-electron chi connectivity index (χ2n) is 3.32. The first kappa shape index (κ1) is 9.23. The predicted octanol–water partition coefficient (Wildman–Crippen LogP) is 0.517. The Morgan fingerprint density at radius 1 is 1.27 bits per heavy atom. The Morgan fingerprint density at radius 2 is 2.00 bits per heavy atom. The lowest BCUT2D eigenvalue weighted by Gasteiger charge is -2.22. The van der Waals surface area contributed by atoms with E-state index in [0.29, 0.717) is 0 Å². The summed E-state index contributed by atoms with van der Waals surface area (Å²) in [4.78, 5) is 7.07. The zero-order valence-corrected chi connectivity index (χ0v) is 8.94. The monoisotopic (exact) mass is 172 g/mol. The van der Waals surface area contributed by atoms with Crippen molar-refractivity contribution in [2.45, 2.75) is 45.1 Å². The molecule has 0 heterocycles. The maximum absolute atomic E-state index is 3.65. The first-order valence-electron chi connectivity index (χ1n) is 4.87. The van der Waals surface area contributed by atoms with Crippen molar-refractivity contribution >= 4 is 9.84 Å². The third kappa shape index (κ3) is 3.89. The lowest BCUT2D eigenvalue weighted by Crippen LogP contribution is -2.41. The average Bonchev–Trinajstić information content (AvgIpc) is 2.07. The highest BCUT2D eigenvalue weighted by molar-refractivity contribution is 6.28. The van der Waals surface area contributed by atoms with Crippen LogP contribution in [0.25, 0.3) is 0 Å². The molecular formula is C8H20N2Si. The molecule has 0 bridgehead atoms. The summed E-state index contributed by atoms with van der Waals surface area (Å²) < 4.78 is 0. The van der Waals surface area contributed by atoms with Crippen molar-refractivity contribution < 1.29 is 0 Å². The standard InChI is InChI=1S/C8H20N2Si/c1-2-9-11-10-8-6-4-3-5-7-8/h8-10H,2-7,11H2,1H3. The van der Waals surface area contributed by atoms with Crippen molar-refractivity contribution in [2.75, 3.05) is 6.54 Å². The van der Waals surface area contributed by atoms with Gasteiger partial charge in [0.2, 0.25) is 0 Å². The van der Waals surface area contributed by atoms with E-state index < -0.39 is 0 Å². The Morgan fingerprint density at radius 3 is 2.64 bits per heavy atom. The molecule has 0 aromatic carbocycles. The molecule has 0 radical (unpaired) electrons. The first-order chi connectivity index (χ1) is 5.43. The van der Waals surface area contributed by atoms with E-state index in [9.17, 15) is 0 Å². The molecule has 0 aromatic heterocycles. The molecule has 66 valence electrons. The van der Waals surface area contributed by atoms with Gasteiger partial charge in [-0.2, -0.15) is 0 Å². The molecule has 1 fully saturated rings. The van der Waals surface area contributed by atoms with Crippen molar-refractivity contribution in [3.8, 4) is 0 Å². The van der Waals surface area contributed by atoms with Gasteiger partial charge in [0.1, 0.15) is 0 Å². The largest absolute Gasteiger partial charge is 0.331 e. The molecule has 2 N–H and O–H groups in total. The zero-order valence-electron chi connectivity index (χ0n) is 7.53. The van der Waals surface area contributed by atoms with Crippen molar-refractivity contribution in [1.29, 1.82) is 0 Å². The second-order valence-corrected chi connectivity index (χ2v) is 4.58. The van der Waals surface area contributed by atoms with E-state index in [1.165, 1.54) is 32.1 Å². The molecule has 1 aliphatic rings. The Kier molecular flexibility index (Phi) is 4.82. The second kappa shape index (κ2) is 5.74. The number of hydrogen-bond donors (Lipinski definition) is 2. The quantitative estimate of drug-likeness (QED) is 0.477. The summed E-state index contributed by atoms with van der Waals surface area (Å²) in [5.74, 6) is 0. The van der Waals surface area contributed by atoms with Crippen LogP contribution in [0.3, 0.4) is 0 Å². The molecule has 0 aliphatic heterocycles. The third-order valence-corrected chi connectivity index (χ3v) is 3.90. The molecule has 0 atom stereocenters. The molecule has 1 saturated carbocycles. The van der Waals surface area contributed by atoms with Gasteiger partial charge in [-0.3, -0.25) is 0 Å². The molecule has 0 spiro atoms. The van der Waals surface area contributed by atoms with Crippen LogP contribution in [0.5, 0.6) is 0 Å². The van der Waals surface area contributed by atoms with E-state index in [-0.39, 0.29) is 9.84 Å². The van der Waals surface area contributed by atoms with Crippen molar-refractivity contribution in [3.63, 3.8) is 0 Å². The lowest BCUT2D eigenvalue weighted by atomic mass is 9.96. The van der Waals surface area contributed by atoms with Crippen molar-refractivity contribution in [2.24, 2.45) is 0 Å². The van der Waals surface area contributed by atoms with Gasteiger partial charge in [0.05, 0.1) is 0 Å². The van der Waals surface area contributed by atoms with Gasteiger partial charge in [-0.05, 0) is 19.4 Å². The van der Waals surface area contributed by atoms with Gasteiger partial charge in [-0.15, -0.1) is 0 Å². The van der Waals surface area contributed by atoms with Crippen LogP contribution in [0.15, 0.2) is 0 Å². The molecule has 0 unspecified atom stereocenters. The Labute approximate surface area is 72.1 Å². The fraction of sp³-hybridized carbons (Fsp3) is 1.00. The minimum Gasteiger partial charge on any atom is -0.331 e. The van der Waals surface area contributed by atoms with Gasteiger partial charge >= 0.3 is 0 Å². The molecule has 1 rings (SSSR count). The van der Waals surface area contributed by atoms with Gasteiger partial charge in [-0.1, -0.05) is 26.2 Å². The lowest BCUT2D eigenvalue weighted by molar-refractivity contribution is 0.417.